The zero-order valence-electron chi connectivity index (χ0n) is 13.3. The first-order chi connectivity index (χ1) is 9.65. The Balaban J connectivity index is 2.83. The topological polar surface area (TPSA) is 83.6 Å². The number of rotatable bonds is 7. The van der Waals surface area contributed by atoms with Crippen LogP contribution < -0.4 is 5.32 Å². The van der Waals surface area contributed by atoms with Crippen LogP contribution in [-0.4, -0.2) is 55.8 Å². The van der Waals surface area contributed by atoms with Crippen LogP contribution in [-0.2, 0) is 19.4 Å². The Kier molecular flexibility index (Phi) is 6.19. The van der Waals surface area contributed by atoms with Gasteiger partial charge in [0.15, 0.2) is 0 Å². The van der Waals surface area contributed by atoms with Gasteiger partial charge >= 0.3 is 0 Å². The Morgan fingerprint density at radius 3 is 2.38 bits per heavy atom. The highest BCUT2D eigenvalue weighted by Crippen LogP contribution is 2.19. The number of nitrogens with zero attached hydrogens (tertiary/aromatic N) is 1. The van der Waals surface area contributed by atoms with Crippen LogP contribution in [0.4, 0.5) is 0 Å². The van der Waals surface area contributed by atoms with Gasteiger partial charge in [0.2, 0.25) is 11.8 Å². The first-order valence-corrected chi connectivity index (χ1v) is 9.50. The summed E-state index contributed by atoms with van der Waals surface area (Å²) < 4.78 is 22.4. The average molecular weight is 318 g/mol. The molecule has 7 heteroatoms. The maximum absolute atomic E-state index is 12.4. The summed E-state index contributed by atoms with van der Waals surface area (Å²) in [6.45, 7) is 6.16. The molecule has 1 saturated heterocycles. The van der Waals surface area contributed by atoms with Gasteiger partial charge in [0.05, 0.1) is 5.75 Å². The average Bonchev–Trinajstić information content (AvgIpc) is 2.35. The summed E-state index contributed by atoms with van der Waals surface area (Å²) in [6.07, 6.45) is 2.68. The number of hydrogen-bond acceptors (Lipinski definition) is 4. The van der Waals surface area contributed by atoms with Crippen LogP contribution in [0.2, 0.25) is 0 Å². The van der Waals surface area contributed by atoms with Crippen LogP contribution in [0.1, 0.15) is 40.0 Å². The standard InChI is InChI=1S/C14H26N2O4S/c1-5-11-14(18)16(7-6-8-21(4,19)20)12(9-10(2)3)13(17)15-11/h10-12H,5-9H2,1-4H3,(H,15,17). The van der Waals surface area contributed by atoms with Crippen LogP contribution in [0.5, 0.6) is 0 Å². The third kappa shape index (κ3) is 5.30. The SMILES string of the molecule is CCC1NC(=O)C(CC(C)C)N(CCCS(C)(=O)=O)C1=O. The Morgan fingerprint density at radius 2 is 1.90 bits per heavy atom. The molecule has 0 bridgehead atoms. The number of piperazine rings is 1. The molecular weight excluding hydrogens is 292 g/mol. The number of nitrogens with one attached hydrogen (secondary N) is 1. The lowest BCUT2D eigenvalue weighted by atomic mass is 9.97. The molecule has 0 aromatic carbocycles. The van der Waals surface area contributed by atoms with E-state index in [2.05, 4.69) is 5.32 Å². The van der Waals surface area contributed by atoms with Crippen LogP contribution in [0.25, 0.3) is 0 Å². The molecule has 2 atom stereocenters. The Hall–Kier alpha value is -1.11. The van der Waals surface area contributed by atoms with Gasteiger partial charge < -0.3 is 10.2 Å². The second-order valence-corrected chi connectivity index (χ2v) is 8.39. The summed E-state index contributed by atoms with van der Waals surface area (Å²) in [7, 11) is -3.05. The van der Waals surface area contributed by atoms with Crippen LogP contribution in [0.3, 0.4) is 0 Å². The van der Waals surface area contributed by atoms with Crippen molar-refractivity contribution >= 4 is 21.7 Å². The van der Waals surface area contributed by atoms with E-state index in [1.807, 2.05) is 20.8 Å². The molecule has 0 saturated carbocycles. The van der Waals surface area contributed by atoms with Crippen LogP contribution in [0, 0.1) is 5.92 Å². The number of carbonyl (C=O) groups excluding carboxylic acids is 2. The number of hydrogen-bond donors (Lipinski definition) is 1. The molecule has 0 radical (unpaired) electrons. The molecule has 1 aliphatic rings. The summed E-state index contributed by atoms with van der Waals surface area (Å²) >= 11 is 0. The van der Waals surface area contributed by atoms with Gasteiger partial charge in [-0.1, -0.05) is 20.8 Å². The van der Waals surface area contributed by atoms with Crippen molar-refractivity contribution in [3.8, 4) is 0 Å². The maximum atomic E-state index is 12.4. The van der Waals surface area contributed by atoms with Crippen molar-refractivity contribution in [1.82, 2.24) is 10.2 Å². The second kappa shape index (κ2) is 7.24. The van der Waals surface area contributed by atoms with Gasteiger partial charge in [0.25, 0.3) is 0 Å². The highest BCUT2D eigenvalue weighted by atomic mass is 32.2. The molecular formula is C14H26N2O4S. The molecule has 1 N–H and O–H groups in total. The van der Waals surface area contributed by atoms with E-state index >= 15 is 0 Å². The van der Waals surface area contributed by atoms with E-state index < -0.39 is 21.9 Å². The summed E-state index contributed by atoms with van der Waals surface area (Å²) in [6, 6.07) is -0.973. The molecule has 122 valence electrons. The summed E-state index contributed by atoms with van der Waals surface area (Å²) in [5.74, 6) is 0.0822. The third-order valence-corrected chi connectivity index (χ3v) is 4.62. The smallest absolute Gasteiger partial charge is 0.245 e. The Morgan fingerprint density at radius 1 is 1.29 bits per heavy atom. The second-order valence-electron chi connectivity index (χ2n) is 6.13. The minimum atomic E-state index is -3.05. The first kappa shape index (κ1) is 17.9. The van der Waals surface area contributed by atoms with E-state index in [4.69, 9.17) is 0 Å². The van der Waals surface area contributed by atoms with Gasteiger partial charge in [-0.25, -0.2) is 8.42 Å². The molecule has 2 unspecified atom stereocenters. The van der Waals surface area contributed by atoms with Crippen molar-refractivity contribution in [3.05, 3.63) is 0 Å². The van der Waals surface area contributed by atoms with Gasteiger partial charge in [-0.05, 0) is 25.2 Å². The molecule has 0 aromatic rings. The van der Waals surface area contributed by atoms with Gasteiger partial charge in [-0.2, -0.15) is 0 Å². The Labute approximate surface area is 127 Å². The van der Waals surface area contributed by atoms with Crippen molar-refractivity contribution in [1.29, 1.82) is 0 Å². The molecule has 0 aromatic heterocycles. The van der Waals surface area contributed by atoms with Crippen LogP contribution in [0.15, 0.2) is 0 Å². The molecule has 6 nitrogen and oxygen atoms in total. The number of carbonyl (C=O) groups is 2. The first-order valence-electron chi connectivity index (χ1n) is 7.44. The summed E-state index contributed by atoms with van der Waals surface area (Å²) in [5.41, 5.74) is 0. The predicted octanol–water partition coefficient (Wildman–Crippen LogP) is 0.573. The summed E-state index contributed by atoms with van der Waals surface area (Å²) in [5, 5.41) is 2.76. The molecule has 1 fully saturated rings. The Bertz CT molecular complexity index is 487. The molecule has 21 heavy (non-hydrogen) atoms. The lowest BCUT2D eigenvalue weighted by molar-refractivity contribution is -0.150. The van der Waals surface area contributed by atoms with Gasteiger partial charge in [-0.3, -0.25) is 9.59 Å². The normalized spacial score (nSPS) is 23.6. The lowest BCUT2D eigenvalue weighted by Crippen LogP contribution is -2.63. The van der Waals surface area contributed by atoms with Crippen molar-refractivity contribution in [2.45, 2.75) is 52.1 Å². The zero-order chi connectivity index (χ0) is 16.2. The van der Waals surface area contributed by atoms with E-state index in [0.29, 0.717) is 25.8 Å². The molecule has 1 aliphatic heterocycles. The molecule has 0 aliphatic carbocycles. The molecule has 2 amide bonds. The van der Waals surface area contributed by atoms with Crippen LogP contribution >= 0.6 is 0 Å². The van der Waals surface area contributed by atoms with E-state index in [1.54, 1.807) is 4.90 Å². The molecule has 0 spiro atoms. The number of amides is 2. The van der Waals surface area contributed by atoms with E-state index in [9.17, 15) is 18.0 Å². The van der Waals surface area contributed by atoms with Gasteiger partial charge in [0.1, 0.15) is 21.9 Å². The van der Waals surface area contributed by atoms with E-state index in [0.717, 1.165) is 0 Å². The maximum Gasteiger partial charge on any atom is 0.245 e. The summed E-state index contributed by atoms with van der Waals surface area (Å²) in [4.78, 5) is 26.2. The molecule has 1 rings (SSSR count). The minimum absolute atomic E-state index is 0.0313. The fourth-order valence-corrected chi connectivity index (χ4v) is 3.20. The quantitative estimate of drug-likeness (QED) is 0.744. The largest absolute Gasteiger partial charge is 0.343 e. The lowest BCUT2D eigenvalue weighted by Gasteiger charge is -2.39. The monoisotopic (exact) mass is 318 g/mol. The van der Waals surface area contributed by atoms with E-state index in [1.165, 1.54) is 6.26 Å². The fourth-order valence-electron chi connectivity index (χ4n) is 2.55. The predicted molar refractivity (Wildman–Crippen MR) is 81.5 cm³/mol. The van der Waals surface area contributed by atoms with Crippen molar-refractivity contribution in [3.63, 3.8) is 0 Å². The van der Waals surface area contributed by atoms with Crippen molar-refractivity contribution in [2.24, 2.45) is 5.92 Å². The third-order valence-electron chi connectivity index (χ3n) is 3.59. The minimum Gasteiger partial charge on any atom is -0.343 e. The van der Waals surface area contributed by atoms with Crippen molar-refractivity contribution in [2.75, 3.05) is 18.6 Å². The van der Waals surface area contributed by atoms with Gasteiger partial charge in [0, 0.05) is 12.8 Å². The van der Waals surface area contributed by atoms with Crippen molar-refractivity contribution < 1.29 is 18.0 Å². The fraction of sp³-hybridized carbons (Fsp3) is 0.857. The van der Waals surface area contributed by atoms with E-state index in [-0.39, 0.29) is 23.5 Å². The highest BCUT2D eigenvalue weighted by molar-refractivity contribution is 7.90. The molecule has 1 heterocycles. The number of sulfone groups is 1. The van der Waals surface area contributed by atoms with Gasteiger partial charge in [-0.15, -0.1) is 0 Å². The zero-order valence-corrected chi connectivity index (χ0v) is 14.1. The highest BCUT2D eigenvalue weighted by Gasteiger charge is 2.39.